The molecule has 0 saturated carbocycles. The van der Waals surface area contributed by atoms with E-state index in [1.54, 1.807) is 0 Å². The normalized spacial score (nSPS) is 22.5. The zero-order valence-corrected chi connectivity index (χ0v) is 10.9. The lowest BCUT2D eigenvalue weighted by atomic mass is 10.2. The molecule has 7 nitrogen and oxygen atoms in total. The summed E-state index contributed by atoms with van der Waals surface area (Å²) in [5.41, 5.74) is 0.0624. The molecule has 0 radical (unpaired) electrons. The maximum Gasteiger partial charge on any atom is 0.326 e. The maximum atomic E-state index is 12.2. The zero-order valence-electron chi connectivity index (χ0n) is 10.1. The predicted molar refractivity (Wildman–Crippen MR) is 64.9 cm³/mol. The Kier molecular flexibility index (Phi) is 3.96. The summed E-state index contributed by atoms with van der Waals surface area (Å²) in [6.45, 7) is 0.219. The highest BCUT2D eigenvalue weighted by molar-refractivity contribution is 6.29. The highest BCUT2D eigenvalue weighted by Gasteiger charge is 2.40. The molecule has 1 fully saturated rings. The van der Waals surface area contributed by atoms with Gasteiger partial charge in [0.05, 0.1) is 6.10 Å². The number of methoxy groups -OCH3 is 1. The SMILES string of the molecule is COC1CC(C(=O)O)N(C(=O)c2ccc(Cl)nn2)C1. The molecule has 1 aliphatic heterocycles. The van der Waals surface area contributed by atoms with Crippen molar-refractivity contribution in [2.24, 2.45) is 0 Å². The second-order valence-corrected chi connectivity index (χ2v) is 4.53. The molecule has 2 rings (SSSR count). The lowest BCUT2D eigenvalue weighted by Gasteiger charge is -2.20. The molecule has 1 aromatic heterocycles. The molecule has 0 spiro atoms. The molecule has 2 atom stereocenters. The van der Waals surface area contributed by atoms with Crippen molar-refractivity contribution >= 4 is 23.5 Å². The lowest BCUT2D eigenvalue weighted by Crippen LogP contribution is -2.41. The monoisotopic (exact) mass is 285 g/mol. The first-order valence-corrected chi connectivity index (χ1v) is 5.96. The minimum absolute atomic E-state index is 0.0624. The van der Waals surface area contributed by atoms with E-state index in [-0.39, 0.29) is 29.9 Å². The number of amides is 1. The summed E-state index contributed by atoms with van der Waals surface area (Å²) in [5.74, 6) is -1.55. The van der Waals surface area contributed by atoms with Crippen LogP contribution in [0, 0.1) is 0 Å². The number of carboxylic acid groups (broad SMARTS) is 1. The quantitative estimate of drug-likeness (QED) is 0.866. The van der Waals surface area contributed by atoms with Crippen molar-refractivity contribution in [3.05, 3.63) is 23.0 Å². The van der Waals surface area contributed by atoms with Crippen LogP contribution in [0.4, 0.5) is 0 Å². The van der Waals surface area contributed by atoms with Crippen LogP contribution >= 0.6 is 11.6 Å². The van der Waals surface area contributed by atoms with Crippen molar-refractivity contribution in [2.75, 3.05) is 13.7 Å². The molecule has 0 aliphatic carbocycles. The number of likely N-dealkylation sites (tertiary alicyclic amines) is 1. The fraction of sp³-hybridized carbons (Fsp3) is 0.455. The van der Waals surface area contributed by atoms with Crippen molar-refractivity contribution in [3.8, 4) is 0 Å². The Balaban J connectivity index is 2.21. The third-order valence-corrected chi connectivity index (χ3v) is 3.19. The third-order valence-electron chi connectivity index (χ3n) is 2.99. The smallest absolute Gasteiger partial charge is 0.326 e. The molecule has 1 N–H and O–H groups in total. The van der Waals surface area contributed by atoms with Gasteiger partial charge < -0.3 is 14.7 Å². The molecule has 1 aliphatic rings. The summed E-state index contributed by atoms with van der Waals surface area (Å²) in [4.78, 5) is 24.6. The van der Waals surface area contributed by atoms with Gasteiger partial charge in [0.15, 0.2) is 10.8 Å². The average Bonchev–Trinajstić information content (AvgIpc) is 2.83. The van der Waals surface area contributed by atoms with Crippen molar-refractivity contribution < 1.29 is 19.4 Å². The summed E-state index contributed by atoms with van der Waals surface area (Å²) in [5, 5.41) is 16.5. The third kappa shape index (κ3) is 2.82. The van der Waals surface area contributed by atoms with Crippen LogP contribution in [0.5, 0.6) is 0 Å². The van der Waals surface area contributed by atoms with Gasteiger partial charge in [-0.1, -0.05) is 11.6 Å². The van der Waals surface area contributed by atoms with Gasteiger partial charge in [0, 0.05) is 20.1 Å². The second kappa shape index (κ2) is 5.50. The minimum atomic E-state index is -1.06. The van der Waals surface area contributed by atoms with Gasteiger partial charge in [-0.2, -0.15) is 0 Å². The predicted octanol–water partition coefficient (Wildman–Crippen LogP) is 0.444. The van der Waals surface area contributed by atoms with Crippen LogP contribution in [0.15, 0.2) is 12.1 Å². The van der Waals surface area contributed by atoms with E-state index in [9.17, 15) is 9.59 Å². The molecule has 2 unspecified atom stereocenters. The molecule has 0 bridgehead atoms. The van der Waals surface area contributed by atoms with Gasteiger partial charge in [-0.25, -0.2) is 4.79 Å². The lowest BCUT2D eigenvalue weighted by molar-refractivity contribution is -0.141. The van der Waals surface area contributed by atoms with Gasteiger partial charge in [0.1, 0.15) is 6.04 Å². The molecule has 0 aromatic carbocycles. The fourth-order valence-electron chi connectivity index (χ4n) is 2.00. The van der Waals surface area contributed by atoms with Crippen molar-refractivity contribution in [1.82, 2.24) is 15.1 Å². The number of carboxylic acids is 1. The Morgan fingerprint density at radius 1 is 1.47 bits per heavy atom. The Morgan fingerprint density at radius 3 is 2.74 bits per heavy atom. The molecule has 1 saturated heterocycles. The van der Waals surface area contributed by atoms with E-state index in [2.05, 4.69) is 10.2 Å². The molecule has 1 amide bonds. The fourth-order valence-corrected chi connectivity index (χ4v) is 2.10. The highest BCUT2D eigenvalue weighted by atomic mass is 35.5. The van der Waals surface area contributed by atoms with Crippen molar-refractivity contribution in [3.63, 3.8) is 0 Å². The summed E-state index contributed by atoms with van der Waals surface area (Å²) in [7, 11) is 1.49. The maximum absolute atomic E-state index is 12.2. The number of ether oxygens (including phenoxy) is 1. The van der Waals surface area contributed by atoms with E-state index >= 15 is 0 Å². The number of nitrogens with zero attached hydrogens (tertiary/aromatic N) is 3. The topological polar surface area (TPSA) is 92.6 Å². The Labute approximate surface area is 114 Å². The molecular formula is C11H12ClN3O4. The van der Waals surface area contributed by atoms with Crippen LogP contribution in [-0.2, 0) is 9.53 Å². The number of aromatic nitrogens is 2. The van der Waals surface area contributed by atoms with Gasteiger partial charge in [0.2, 0.25) is 0 Å². The van der Waals surface area contributed by atoms with Gasteiger partial charge in [-0.05, 0) is 12.1 Å². The van der Waals surface area contributed by atoms with E-state index in [1.807, 2.05) is 0 Å². The standard InChI is InChI=1S/C11H12ClN3O4/c1-19-6-4-8(11(17)18)15(5-6)10(16)7-2-3-9(12)14-13-7/h2-3,6,8H,4-5H2,1H3,(H,17,18). The Morgan fingerprint density at radius 2 is 2.21 bits per heavy atom. The van der Waals surface area contributed by atoms with Crippen molar-refractivity contribution in [2.45, 2.75) is 18.6 Å². The van der Waals surface area contributed by atoms with Crippen LogP contribution in [0.2, 0.25) is 5.15 Å². The molecule has 19 heavy (non-hydrogen) atoms. The first-order valence-electron chi connectivity index (χ1n) is 5.58. The van der Waals surface area contributed by atoms with Crippen LogP contribution in [0.3, 0.4) is 0 Å². The van der Waals surface area contributed by atoms with Gasteiger partial charge in [0.25, 0.3) is 5.91 Å². The van der Waals surface area contributed by atoms with E-state index < -0.39 is 17.9 Å². The van der Waals surface area contributed by atoms with Crippen LogP contribution in [-0.4, -0.2) is 57.9 Å². The number of hydrogen-bond acceptors (Lipinski definition) is 5. The van der Waals surface area contributed by atoms with E-state index in [0.717, 1.165) is 0 Å². The van der Waals surface area contributed by atoms with Gasteiger partial charge in [-0.3, -0.25) is 4.79 Å². The summed E-state index contributed by atoms with van der Waals surface area (Å²) >= 11 is 5.59. The summed E-state index contributed by atoms with van der Waals surface area (Å²) in [6.07, 6.45) is -0.0243. The second-order valence-electron chi connectivity index (χ2n) is 4.15. The molecule has 1 aromatic rings. The average molecular weight is 286 g/mol. The van der Waals surface area contributed by atoms with E-state index in [1.165, 1.54) is 24.1 Å². The number of halogens is 1. The van der Waals surface area contributed by atoms with Crippen LogP contribution in [0.1, 0.15) is 16.9 Å². The first kappa shape index (κ1) is 13.7. The largest absolute Gasteiger partial charge is 0.480 e. The Bertz CT molecular complexity index is 493. The van der Waals surface area contributed by atoms with Gasteiger partial charge in [-0.15, -0.1) is 10.2 Å². The molecule has 102 valence electrons. The van der Waals surface area contributed by atoms with Crippen molar-refractivity contribution in [1.29, 1.82) is 0 Å². The molecular weight excluding hydrogens is 274 g/mol. The number of hydrogen-bond donors (Lipinski definition) is 1. The van der Waals surface area contributed by atoms with Crippen LogP contribution < -0.4 is 0 Å². The van der Waals surface area contributed by atoms with E-state index in [0.29, 0.717) is 0 Å². The summed E-state index contributed by atoms with van der Waals surface area (Å²) < 4.78 is 5.11. The molecule has 8 heteroatoms. The minimum Gasteiger partial charge on any atom is -0.480 e. The first-order chi connectivity index (χ1) is 9.02. The summed E-state index contributed by atoms with van der Waals surface area (Å²) in [6, 6.07) is 1.94. The number of carbonyl (C=O) groups is 2. The Hall–Kier alpha value is -1.73. The number of carbonyl (C=O) groups excluding carboxylic acids is 1. The zero-order chi connectivity index (χ0) is 14.0. The van der Waals surface area contributed by atoms with Crippen LogP contribution in [0.25, 0.3) is 0 Å². The van der Waals surface area contributed by atoms with Gasteiger partial charge >= 0.3 is 5.97 Å². The number of aliphatic carboxylic acids is 1. The highest BCUT2D eigenvalue weighted by Crippen LogP contribution is 2.22. The number of rotatable bonds is 3. The molecule has 2 heterocycles. The van der Waals surface area contributed by atoms with E-state index in [4.69, 9.17) is 21.4 Å².